The summed E-state index contributed by atoms with van der Waals surface area (Å²) in [4.78, 5) is 38.8. The largest absolute Gasteiger partial charge is 0.497 e. The molecule has 0 saturated carbocycles. The molecule has 1 atom stereocenters. The molecule has 0 aliphatic heterocycles. The van der Waals surface area contributed by atoms with Crippen LogP contribution in [0.25, 0.3) is 0 Å². The lowest BCUT2D eigenvalue weighted by atomic mass is 10.1. The summed E-state index contributed by atoms with van der Waals surface area (Å²) in [5, 5.41) is 5.29. The van der Waals surface area contributed by atoms with E-state index in [1.807, 2.05) is 42.5 Å². The van der Waals surface area contributed by atoms with Gasteiger partial charge in [0, 0.05) is 21.8 Å². The Morgan fingerprint density at radius 1 is 0.769 bits per heavy atom. The number of ether oxygens (including phenoxy) is 2. The summed E-state index contributed by atoms with van der Waals surface area (Å²) in [5.74, 6) is -0.249. The molecule has 0 bridgehead atoms. The number of carbonyl (C=O) groups excluding carboxylic acids is 3. The summed E-state index contributed by atoms with van der Waals surface area (Å²) in [6.45, 7) is 2.04. The number of nitrogens with one attached hydrogen (secondary N) is 2. The molecule has 198 valence electrons. The van der Waals surface area contributed by atoms with Crippen molar-refractivity contribution in [3.63, 3.8) is 0 Å². The van der Waals surface area contributed by atoms with Gasteiger partial charge in [0.05, 0.1) is 19.3 Å². The zero-order chi connectivity index (χ0) is 27.6. The van der Waals surface area contributed by atoms with E-state index in [2.05, 4.69) is 10.6 Å². The van der Waals surface area contributed by atoms with E-state index in [0.29, 0.717) is 34.9 Å². The Bertz CT molecular complexity index is 1420. The molecule has 0 aliphatic carbocycles. The van der Waals surface area contributed by atoms with Gasteiger partial charge in [-0.1, -0.05) is 36.4 Å². The van der Waals surface area contributed by atoms with Gasteiger partial charge in [0.15, 0.2) is 0 Å². The number of esters is 1. The van der Waals surface area contributed by atoms with Gasteiger partial charge in [0.2, 0.25) is 5.91 Å². The lowest BCUT2D eigenvalue weighted by Crippen LogP contribution is -2.19. The maximum Gasteiger partial charge on any atom is 0.338 e. The minimum atomic E-state index is -0.534. The van der Waals surface area contributed by atoms with Crippen LogP contribution in [-0.4, -0.2) is 31.5 Å². The highest BCUT2D eigenvalue weighted by molar-refractivity contribution is 8.00. The molecule has 0 radical (unpaired) electrons. The van der Waals surface area contributed by atoms with E-state index >= 15 is 0 Å². The topological polar surface area (TPSA) is 93.7 Å². The van der Waals surface area contributed by atoms with Gasteiger partial charge in [0.25, 0.3) is 5.91 Å². The highest BCUT2D eigenvalue weighted by Crippen LogP contribution is 2.36. The Morgan fingerprint density at radius 2 is 1.44 bits per heavy atom. The molecule has 1 unspecified atom stereocenters. The Morgan fingerprint density at radius 3 is 2.10 bits per heavy atom. The van der Waals surface area contributed by atoms with Crippen molar-refractivity contribution in [2.75, 3.05) is 24.4 Å². The Labute approximate surface area is 231 Å². The molecule has 7 nitrogen and oxygen atoms in total. The van der Waals surface area contributed by atoms with Crippen LogP contribution in [0.5, 0.6) is 5.75 Å². The lowest BCUT2D eigenvalue weighted by Gasteiger charge is -2.17. The van der Waals surface area contributed by atoms with E-state index in [1.54, 1.807) is 74.7 Å². The van der Waals surface area contributed by atoms with E-state index < -0.39 is 11.2 Å². The van der Waals surface area contributed by atoms with Crippen molar-refractivity contribution in [1.82, 2.24) is 0 Å². The molecule has 0 aliphatic rings. The van der Waals surface area contributed by atoms with Gasteiger partial charge in [-0.3, -0.25) is 9.59 Å². The fourth-order valence-corrected chi connectivity index (χ4v) is 4.76. The molecular formula is C31H28N2O5S. The van der Waals surface area contributed by atoms with Crippen LogP contribution in [-0.2, 0) is 9.53 Å². The number of rotatable bonds is 10. The number of carbonyl (C=O) groups is 3. The third-order valence-corrected chi connectivity index (χ3v) is 6.97. The minimum Gasteiger partial charge on any atom is -0.497 e. The average molecular weight is 541 g/mol. The maximum absolute atomic E-state index is 13.4. The number of hydrogen-bond donors (Lipinski definition) is 2. The summed E-state index contributed by atoms with van der Waals surface area (Å²) in [6, 6.07) is 30.4. The van der Waals surface area contributed by atoms with Gasteiger partial charge in [-0.25, -0.2) is 4.79 Å². The molecule has 2 N–H and O–H groups in total. The van der Waals surface area contributed by atoms with Crippen LogP contribution in [0.3, 0.4) is 0 Å². The molecule has 4 rings (SSSR count). The highest BCUT2D eigenvalue weighted by Gasteiger charge is 2.22. The van der Waals surface area contributed by atoms with E-state index in [4.69, 9.17) is 9.47 Å². The lowest BCUT2D eigenvalue weighted by molar-refractivity contribution is -0.115. The van der Waals surface area contributed by atoms with Gasteiger partial charge >= 0.3 is 5.97 Å². The molecule has 0 fully saturated rings. The molecular weight excluding hydrogens is 512 g/mol. The first-order valence-corrected chi connectivity index (χ1v) is 13.2. The van der Waals surface area contributed by atoms with Crippen molar-refractivity contribution < 1.29 is 23.9 Å². The van der Waals surface area contributed by atoms with E-state index in [1.165, 1.54) is 11.8 Å². The number of thioether (sulfide) groups is 1. The zero-order valence-corrected chi connectivity index (χ0v) is 22.4. The molecule has 0 spiro atoms. The Kier molecular flexibility index (Phi) is 9.37. The second kappa shape index (κ2) is 13.3. The quantitative estimate of drug-likeness (QED) is 0.174. The van der Waals surface area contributed by atoms with Crippen LogP contribution in [0.15, 0.2) is 108 Å². The third-order valence-electron chi connectivity index (χ3n) is 5.70. The molecule has 4 aromatic rings. The van der Waals surface area contributed by atoms with Crippen molar-refractivity contribution in [3.05, 3.63) is 120 Å². The van der Waals surface area contributed by atoms with Crippen LogP contribution >= 0.6 is 11.8 Å². The number of benzene rings is 4. The van der Waals surface area contributed by atoms with Crippen molar-refractivity contribution >= 4 is 40.9 Å². The second-order valence-electron chi connectivity index (χ2n) is 8.41. The maximum atomic E-state index is 13.4. The van der Waals surface area contributed by atoms with E-state index in [9.17, 15) is 14.4 Å². The molecule has 2 amide bonds. The molecule has 8 heteroatoms. The SMILES string of the molecule is CCOC(=O)c1ccc(NC(=O)C(Sc2ccc(NC(=O)c3cccc(OC)c3)cc2)c2ccccc2)cc1. The fraction of sp³-hybridized carbons (Fsp3) is 0.129. The highest BCUT2D eigenvalue weighted by atomic mass is 32.2. The average Bonchev–Trinajstić information content (AvgIpc) is 2.97. The predicted octanol–water partition coefficient (Wildman–Crippen LogP) is 6.60. The summed E-state index contributed by atoms with van der Waals surface area (Å²) in [6.07, 6.45) is 0. The standard InChI is InChI=1S/C31H28N2O5S/c1-3-38-31(36)22-12-14-24(15-13-22)33-30(35)28(21-8-5-4-6-9-21)39-27-18-16-25(17-19-27)32-29(34)23-10-7-11-26(20-23)37-2/h4-20,28H,3H2,1-2H3,(H,32,34)(H,33,35). The number of amides is 2. The van der Waals surface area contributed by atoms with Crippen molar-refractivity contribution in [2.45, 2.75) is 17.1 Å². The molecule has 0 saturated heterocycles. The molecule has 0 aromatic heterocycles. The monoisotopic (exact) mass is 540 g/mol. The predicted molar refractivity (Wildman–Crippen MR) is 153 cm³/mol. The molecule has 0 heterocycles. The number of anilines is 2. The molecule has 4 aromatic carbocycles. The number of hydrogen-bond acceptors (Lipinski definition) is 6. The van der Waals surface area contributed by atoms with Crippen LogP contribution in [0.4, 0.5) is 11.4 Å². The van der Waals surface area contributed by atoms with E-state index in [0.717, 1.165) is 10.5 Å². The first-order chi connectivity index (χ1) is 19.0. The summed E-state index contributed by atoms with van der Waals surface area (Å²) < 4.78 is 10.2. The van der Waals surface area contributed by atoms with Crippen molar-refractivity contribution in [2.24, 2.45) is 0 Å². The third kappa shape index (κ3) is 7.49. The van der Waals surface area contributed by atoms with Gasteiger partial charge in [-0.05, 0) is 79.2 Å². The van der Waals surface area contributed by atoms with Gasteiger partial charge in [-0.15, -0.1) is 11.8 Å². The van der Waals surface area contributed by atoms with Crippen LogP contribution in [0.2, 0.25) is 0 Å². The summed E-state index contributed by atoms with van der Waals surface area (Å²) >= 11 is 1.40. The second-order valence-corrected chi connectivity index (χ2v) is 9.58. The zero-order valence-electron chi connectivity index (χ0n) is 21.5. The van der Waals surface area contributed by atoms with Gasteiger partial charge in [0.1, 0.15) is 11.0 Å². The first-order valence-electron chi connectivity index (χ1n) is 12.3. The Balaban J connectivity index is 1.45. The van der Waals surface area contributed by atoms with Crippen molar-refractivity contribution in [3.8, 4) is 5.75 Å². The minimum absolute atomic E-state index is 0.203. The molecule has 39 heavy (non-hydrogen) atoms. The number of methoxy groups -OCH3 is 1. The van der Waals surface area contributed by atoms with Crippen LogP contribution < -0.4 is 15.4 Å². The van der Waals surface area contributed by atoms with Gasteiger partial charge in [-0.2, -0.15) is 0 Å². The van der Waals surface area contributed by atoms with E-state index in [-0.39, 0.29) is 11.8 Å². The smallest absolute Gasteiger partial charge is 0.338 e. The summed E-state index contributed by atoms with van der Waals surface area (Å²) in [7, 11) is 1.55. The van der Waals surface area contributed by atoms with Gasteiger partial charge < -0.3 is 20.1 Å². The summed E-state index contributed by atoms with van der Waals surface area (Å²) in [5.41, 5.74) is 2.96. The first kappa shape index (κ1) is 27.5. The normalized spacial score (nSPS) is 11.2. The van der Waals surface area contributed by atoms with Crippen LogP contribution in [0.1, 0.15) is 38.5 Å². The Hall–Kier alpha value is -4.56. The fourth-order valence-electron chi connectivity index (χ4n) is 3.73. The van der Waals surface area contributed by atoms with Crippen LogP contribution in [0, 0.1) is 0 Å². The van der Waals surface area contributed by atoms with Crippen molar-refractivity contribution in [1.29, 1.82) is 0 Å².